The Bertz CT molecular complexity index is 780. The van der Waals surface area contributed by atoms with Gasteiger partial charge >= 0.3 is 5.97 Å². The first kappa shape index (κ1) is 31.6. The SMILES string of the molecule is CC[C@@H](OC(=O)[C@H](C)[C@@H](O)[C@H](C)[C@@H](OCc1ccc(OC)cc1)[C@@H](C)C[C@@H](C)C=O)[C@H](C)/C=C/I. The number of rotatable bonds is 16. The number of hydrogen-bond donors (Lipinski definition) is 1. The van der Waals surface area contributed by atoms with Crippen molar-refractivity contribution in [3.63, 3.8) is 0 Å². The number of aliphatic hydroxyl groups excluding tert-OH is 1. The molecule has 0 aliphatic heterocycles. The summed E-state index contributed by atoms with van der Waals surface area (Å²) >= 11 is 2.16. The van der Waals surface area contributed by atoms with Crippen LogP contribution in [0.15, 0.2) is 34.4 Å². The first-order chi connectivity index (χ1) is 16.6. The minimum absolute atomic E-state index is 0.00137. The second kappa shape index (κ2) is 16.3. The lowest BCUT2D eigenvalue weighted by atomic mass is 9.81. The highest BCUT2D eigenvalue weighted by molar-refractivity contribution is 14.1. The Hall–Kier alpha value is -1.45. The summed E-state index contributed by atoms with van der Waals surface area (Å²) in [4.78, 5) is 24.2. The van der Waals surface area contributed by atoms with Crippen LogP contribution in [0.3, 0.4) is 0 Å². The molecule has 198 valence electrons. The molecule has 35 heavy (non-hydrogen) atoms. The van der Waals surface area contributed by atoms with E-state index in [1.807, 2.05) is 69.0 Å². The fourth-order valence-corrected chi connectivity index (χ4v) is 5.03. The van der Waals surface area contributed by atoms with Crippen molar-refractivity contribution < 1.29 is 28.9 Å². The lowest BCUT2D eigenvalue weighted by molar-refractivity contribution is -0.163. The third-order valence-electron chi connectivity index (χ3n) is 6.71. The predicted molar refractivity (Wildman–Crippen MR) is 147 cm³/mol. The molecule has 0 radical (unpaired) electrons. The van der Waals surface area contributed by atoms with Gasteiger partial charge in [0.2, 0.25) is 0 Å². The van der Waals surface area contributed by atoms with Crippen LogP contribution in [0.1, 0.15) is 59.9 Å². The van der Waals surface area contributed by atoms with Crippen molar-refractivity contribution >= 4 is 34.8 Å². The molecule has 1 aromatic rings. The summed E-state index contributed by atoms with van der Waals surface area (Å²) in [5.74, 6) is -0.738. The molecular formula is C28H43IO6. The van der Waals surface area contributed by atoms with E-state index in [0.29, 0.717) is 19.4 Å². The maximum atomic E-state index is 12.9. The van der Waals surface area contributed by atoms with Crippen molar-refractivity contribution in [3.8, 4) is 5.75 Å². The Labute approximate surface area is 224 Å². The highest BCUT2D eigenvalue weighted by Crippen LogP contribution is 2.30. The van der Waals surface area contributed by atoms with E-state index >= 15 is 0 Å². The van der Waals surface area contributed by atoms with Crippen LogP contribution in [-0.2, 0) is 25.7 Å². The van der Waals surface area contributed by atoms with Crippen LogP contribution in [0, 0.1) is 29.6 Å². The van der Waals surface area contributed by atoms with Crippen molar-refractivity contribution in [2.24, 2.45) is 29.6 Å². The molecule has 0 bridgehead atoms. The quantitative estimate of drug-likeness (QED) is 0.142. The number of halogens is 1. The van der Waals surface area contributed by atoms with Gasteiger partial charge in [-0.1, -0.05) is 75.4 Å². The summed E-state index contributed by atoms with van der Waals surface area (Å²) in [6.07, 6.45) is 2.72. The number of carbonyl (C=O) groups excluding carboxylic acids is 2. The maximum Gasteiger partial charge on any atom is 0.311 e. The third kappa shape index (κ3) is 10.2. The molecule has 0 heterocycles. The van der Waals surface area contributed by atoms with E-state index in [4.69, 9.17) is 14.2 Å². The summed E-state index contributed by atoms with van der Waals surface area (Å²) in [6.45, 7) is 11.8. The van der Waals surface area contributed by atoms with Crippen LogP contribution in [-0.4, -0.2) is 42.8 Å². The molecule has 6 nitrogen and oxygen atoms in total. The Morgan fingerprint density at radius 3 is 2.26 bits per heavy atom. The number of aliphatic hydroxyl groups is 1. The van der Waals surface area contributed by atoms with E-state index in [9.17, 15) is 14.7 Å². The van der Waals surface area contributed by atoms with Gasteiger partial charge in [-0.3, -0.25) is 4.79 Å². The zero-order valence-corrected chi connectivity index (χ0v) is 24.3. The van der Waals surface area contributed by atoms with Crippen LogP contribution in [0.4, 0.5) is 0 Å². The Balaban J connectivity index is 2.97. The molecule has 8 atom stereocenters. The van der Waals surface area contributed by atoms with E-state index in [0.717, 1.165) is 17.6 Å². The predicted octanol–water partition coefficient (Wildman–Crippen LogP) is 5.98. The summed E-state index contributed by atoms with van der Waals surface area (Å²) in [5, 5.41) is 11.2. The number of aldehydes is 1. The summed E-state index contributed by atoms with van der Waals surface area (Å²) in [7, 11) is 1.62. The van der Waals surface area contributed by atoms with Crippen LogP contribution in [0.5, 0.6) is 5.75 Å². The molecule has 0 spiro atoms. The monoisotopic (exact) mass is 602 g/mol. The highest BCUT2D eigenvalue weighted by Gasteiger charge is 2.37. The van der Waals surface area contributed by atoms with Gasteiger partial charge in [-0.15, -0.1) is 0 Å². The Kier molecular flexibility index (Phi) is 14.7. The lowest BCUT2D eigenvalue weighted by Gasteiger charge is -2.35. The molecule has 0 saturated heterocycles. The van der Waals surface area contributed by atoms with Crippen molar-refractivity contribution in [3.05, 3.63) is 40.0 Å². The first-order valence-corrected chi connectivity index (χ1v) is 13.7. The van der Waals surface area contributed by atoms with Crippen LogP contribution >= 0.6 is 22.6 Å². The summed E-state index contributed by atoms with van der Waals surface area (Å²) in [6, 6.07) is 7.62. The molecule has 0 amide bonds. The van der Waals surface area contributed by atoms with E-state index in [-0.39, 0.29) is 35.9 Å². The molecule has 0 aromatic heterocycles. The van der Waals surface area contributed by atoms with Gasteiger partial charge in [-0.25, -0.2) is 0 Å². The Morgan fingerprint density at radius 2 is 1.74 bits per heavy atom. The van der Waals surface area contributed by atoms with E-state index in [1.165, 1.54) is 0 Å². The molecule has 7 heteroatoms. The molecule has 0 fully saturated rings. The number of benzene rings is 1. The van der Waals surface area contributed by atoms with E-state index < -0.39 is 18.0 Å². The fraction of sp³-hybridized carbons (Fsp3) is 0.643. The topological polar surface area (TPSA) is 82.1 Å². The highest BCUT2D eigenvalue weighted by atomic mass is 127. The molecule has 1 aromatic carbocycles. The van der Waals surface area contributed by atoms with Crippen LogP contribution < -0.4 is 4.74 Å². The van der Waals surface area contributed by atoms with Crippen molar-refractivity contribution in [1.29, 1.82) is 0 Å². The Morgan fingerprint density at radius 1 is 1.11 bits per heavy atom. The van der Waals surface area contributed by atoms with Gasteiger partial charge in [0, 0.05) is 17.8 Å². The number of methoxy groups -OCH3 is 1. The average molecular weight is 603 g/mol. The normalized spacial score (nSPS) is 18.7. The van der Waals surface area contributed by atoms with E-state index in [1.54, 1.807) is 14.0 Å². The minimum atomic E-state index is -0.953. The smallest absolute Gasteiger partial charge is 0.311 e. The molecule has 0 aliphatic carbocycles. The molecule has 0 saturated carbocycles. The lowest BCUT2D eigenvalue weighted by Crippen LogP contribution is -2.43. The third-order valence-corrected chi connectivity index (χ3v) is 7.13. The zero-order valence-electron chi connectivity index (χ0n) is 22.1. The maximum absolute atomic E-state index is 12.9. The van der Waals surface area contributed by atoms with Crippen LogP contribution in [0.25, 0.3) is 0 Å². The van der Waals surface area contributed by atoms with Gasteiger partial charge in [0.15, 0.2) is 0 Å². The summed E-state index contributed by atoms with van der Waals surface area (Å²) < 4.78 is 19.2. The van der Waals surface area contributed by atoms with Crippen molar-refractivity contribution in [2.45, 2.75) is 79.3 Å². The molecule has 1 rings (SSSR count). The fourth-order valence-electron chi connectivity index (χ4n) is 4.37. The molecule has 0 aliphatic rings. The number of hydrogen-bond acceptors (Lipinski definition) is 6. The number of esters is 1. The average Bonchev–Trinajstić information content (AvgIpc) is 2.86. The van der Waals surface area contributed by atoms with Gasteiger partial charge in [0.1, 0.15) is 18.1 Å². The molecule has 1 N–H and O–H groups in total. The summed E-state index contributed by atoms with van der Waals surface area (Å²) in [5.41, 5.74) is 0.976. The van der Waals surface area contributed by atoms with Crippen molar-refractivity contribution in [1.82, 2.24) is 0 Å². The molecular weight excluding hydrogens is 559 g/mol. The van der Waals surface area contributed by atoms with Gasteiger partial charge < -0.3 is 24.1 Å². The largest absolute Gasteiger partial charge is 0.497 e. The van der Waals surface area contributed by atoms with Gasteiger partial charge in [0.05, 0.1) is 31.8 Å². The van der Waals surface area contributed by atoms with E-state index in [2.05, 4.69) is 22.6 Å². The van der Waals surface area contributed by atoms with Gasteiger partial charge in [-0.05, 0) is 47.5 Å². The molecule has 0 unspecified atom stereocenters. The van der Waals surface area contributed by atoms with Gasteiger partial charge in [-0.2, -0.15) is 0 Å². The second-order valence-corrected chi connectivity index (χ2v) is 10.4. The second-order valence-electron chi connectivity index (χ2n) is 9.65. The zero-order chi connectivity index (χ0) is 26.5. The van der Waals surface area contributed by atoms with Gasteiger partial charge in [0.25, 0.3) is 0 Å². The number of carbonyl (C=O) groups is 2. The van der Waals surface area contributed by atoms with Crippen molar-refractivity contribution in [2.75, 3.05) is 7.11 Å². The minimum Gasteiger partial charge on any atom is -0.497 e. The standard InChI is InChI=1S/C28H43IO6/c1-8-25(19(3)13-14-29)35-28(32)22(6)26(31)21(5)27(20(4)15-18(2)16-30)34-17-23-9-11-24(33-7)12-10-23/h9-14,16,18-22,25-27,31H,8,15,17H2,1-7H3/b14-13+/t18-,19-,20+,21+,22-,25-,26+,27+/m1/s1. The van der Waals surface area contributed by atoms with Crippen LogP contribution in [0.2, 0.25) is 0 Å². The number of ether oxygens (including phenoxy) is 3. The first-order valence-electron chi connectivity index (χ1n) is 12.4.